The van der Waals surface area contributed by atoms with E-state index in [2.05, 4.69) is 10.6 Å². The van der Waals surface area contributed by atoms with Crippen molar-refractivity contribution in [2.75, 3.05) is 25.6 Å². The highest BCUT2D eigenvalue weighted by molar-refractivity contribution is 5.99. The van der Waals surface area contributed by atoms with Crippen molar-refractivity contribution < 1.29 is 9.53 Å². The normalized spacial score (nSPS) is 11.1. The van der Waals surface area contributed by atoms with Gasteiger partial charge >= 0.3 is 0 Å². The molecule has 0 aliphatic rings. The van der Waals surface area contributed by atoms with Crippen LogP contribution in [0.25, 0.3) is 0 Å². The highest BCUT2D eigenvalue weighted by atomic mass is 16.5. The molecule has 0 aliphatic heterocycles. The van der Waals surface area contributed by atoms with E-state index in [1.165, 1.54) is 0 Å². The van der Waals surface area contributed by atoms with Crippen molar-refractivity contribution in [3.8, 4) is 0 Å². The quantitative estimate of drug-likeness (QED) is 0.814. The van der Waals surface area contributed by atoms with Crippen LogP contribution in [0.1, 0.15) is 31.1 Å². The molecule has 0 radical (unpaired) electrons. The minimum Gasteiger partial charge on any atom is -0.385 e. The average molecular weight is 250 g/mol. The lowest BCUT2D eigenvalue weighted by Crippen LogP contribution is -2.46. The predicted octanol–water partition coefficient (Wildman–Crippen LogP) is 2.27. The second kappa shape index (κ2) is 6.40. The third kappa shape index (κ3) is 4.04. The topological polar surface area (TPSA) is 50.4 Å². The van der Waals surface area contributed by atoms with Gasteiger partial charge in [-0.2, -0.15) is 0 Å². The summed E-state index contributed by atoms with van der Waals surface area (Å²) in [6.07, 6.45) is 0. The SMILES string of the molecule is CCNc1ccccc1C(=O)NC(C)(C)COC. The number of amides is 1. The largest absolute Gasteiger partial charge is 0.385 e. The molecule has 0 saturated carbocycles. The molecule has 0 fully saturated rings. The van der Waals surface area contributed by atoms with Crippen LogP contribution in [0.3, 0.4) is 0 Å². The van der Waals surface area contributed by atoms with Gasteiger partial charge in [0.2, 0.25) is 0 Å². The minimum atomic E-state index is -0.384. The highest BCUT2D eigenvalue weighted by Crippen LogP contribution is 2.16. The summed E-state index contributed by atoms with van der Waals surface area (Å²) in [7, 11) is 1.63. The third-order valence-electron chi connectivity index (χ3n) is 2.50. The van der Waals surface area contributed by atoms with E-state index in [4.69, 9.17) is 4.74 Å². The summed E-state index contributed by atoms with van der Waals surface area (Å²) in [5.74, 6) is -0.0893. The number of rotatable bonds is 6. The molecule has 4 nitrogen and oxygen atoms in total. The number of para-hydroxylation sites is 1. The zero-order valence-electron chi connectivity index (χ0n) is 11.5. The van der Waals surface area contributed by atoms with Crippen LogP contribution in [0.5, 0.6) is 0 Å². The first-order valence-corrected chi connectivity index (χ1v) is 6.14. The van der Waals surface area contributed by atoms with Crippen LogP contribution in [-0.4, -0.2) is 31.7 Å². The van der Waals surface area contributed by atoms with Crippen LogP contribution in [-0.2, 0) is 4.74 Å². The Morgan fingerprint density at radius 3 is 2.61 bits per heavy atom. The molecule has 100 valence electrons. The third-order valence-corrected chi connectivity index (χ3v) is 2.50. The molecule has 0 atom stereocenters. The zero-order chi connectivity index (χ0) is 13.6. The van der Waals surface area contributed by atoms with E-state index in [0.717, 1.165) is 12.2 Å². The molecular weight excluding hydrogens is 228 g/mol. The number of carbonyl (C=O) groups excluding carboxylic acids is 1. The summed E-state index contributed by atoms with van der Waals surface area (Å²) in [5.41, 5.74) is 1.12. The molecule has 1 aromatic rings. The number of nitrogens with one attached hydrogen (secondary N) is 2. The van der Waals surface area contributed by atoms with E-state index >= 15 is 0 Å². The molecule has 0 spiro atoms. The van der Waals surface area contributed by atoms with Gasteiger partial charge in [0.05, 0.1) is 17.7 Å². The zero-order valence-corrected chi connectivity index (χ0v) is 11.5. The van der Waals surface area contributed by atoms with E-state index in [9.17, 15) is 4.79 Å². The fraction of sp³-hybridized carbons (Fsp3) is 0.500. The summed E-state index contributed by atoms with van der Waals surface area (Å²) in [4.78, 5) is 12.2. The van der Waals surface area contributed by atoms with Crippen molar-refractivity contribution in [1.82, 2.24) is 5.32 Å². The Labute approximate surface area is 109 Å². The van der Waals surface area contributed by atoms with Crippen LogP contribution >= 0.6 is 0 Å². The molecule has 1 rings (SSSR count). The predicted molar refractivity (Wildman–Crippen MR) is 74.0 cm³/mol. The van der Waals surface area contributed by atoms with Gasteiger partial charge in [-0.3, -0.25) is 4.79 Å². The van der Waals surface area contributed by atoms with E-state index in [1.807, 2.05) is 45.0 Å². The first kappa shape index (κ1) is 14.5. The summed E-state index contributed by atoms with van der Waals surface area (Å²) >= 11 is 0. The summed E-state index contributed by atoms with van der Waals surface area (Å²) in [6, 6.07) is 7.49. The maximum absolute atomic E-state index is 12.2. The molecule has 1 aromatic carbocycles. The maximum atomic E-state index is 12.2. The first-order valence-electron chi connectivity index (χ1n) is 6.14. The van der Waals surface area contributed by atoms with Gasteiger partial charge in [-0.05, 0) is 32.9 Å². The Hall–Kier alpha value is -1.55. The Balaban J connectivity index is 2.84. The standard InChI is InChI=1S/C14H22N2O2/c1-5-15-12-9-7-6-8-11(12)13(17)16-14(2,3)10-18-4/h6-9,15H,5,10H2,1-4H3,(H,16,17). The number of hydrogen-bond donors (Lipinski definition) is 2. The Kier molecular flexibility index (Phi) is 5.16. The monoisotopic (exact) mass is 250 g/mol. The molecule has 0 unspecified atom stereocenters. The van der Waals surface area contributed by atoms with Crippen molar-refractivity contribution in [3.63, 3.8) is 0 Å². The van der Waals surface area contributed by atoms with Crippen LogP contribution in [0.4, 0.5) is 5.69 Å². The van der Waals surface area contributed by atoms with E-state index in [-0.39, 0.29) is 11.4 Å². The van der Waals surface area contributed by atoms with Crippen LogP contribution in [0.15, 0.2) is 24.3 Å². The van der Waals surface area contributed by atoms with Gasteiger partial charge in [0.1, 0.15) is 0 Å². The number of methoxy groups -OCH3 is 1. The van der Waals surface area contributed by atoms with Crippen LogP contribution in [0.2, 0.25) is 0 Å². The fourth-order valence-electron chi connectivity index (χ4n) is 1.80. The molecule has 1 amide bonds. The number of anilines is 1. The van der Waals surface area contributed by atoms with Crippen LogP contribution in [0, 0.1) is 0 Å². The summed E-state index contributed by atoms with van der Waals surface area (Å²) < 4.78 is 5.09. The maximum Gasteiger partial charge on any atom is 0.253 e. The fourth-order valence-corrected chi connectivity index (χ4v) is 1.80. The lowest BCUT2D eigenvalue weighted by atomic mass is 10.1. The first-order chi connectivity index (χ1) is 8.50. The van der Waals surface area contributed by atoms with Gasteiger partial charge in [0.25, 0.3) is 5.91 Å². The van der Waals surface area contributed by atoms with Crippen molar-refractivity contribution in [2.45, 2.75) is 26.3 Å². The van der Waals surface area contributed by atoms with Crippen molar-refractivity contribution >= 4 is 11.6 Å². The van der Waals surface area contributed by atoms with E-state index in [0.29, 0.717) is 12.2 Å². The van der Waals surface area contributed by atoms with Crippen LogP contribution < -0.4 is 10.6 Å². The number of ether oxygens (including phenoxy) is 1. The molecule has 2 N–H and O–H groups in total. The Morgan fingerprint density at radius 1 is 1.33 bits per heavy atom. The molecule has 0 saturated heterocycles. The molecule has 0 heterocycles. The molecule has 0 bridgehead atoms. The van der Waals surface area contributed by atoms with Gasteiger partial charge in [-0.1, -0.05) is 12.1 Å². The molecule has 4 heteroatoms. The van der Waals surface area contributed by atoms with Gasteiger partial charge in [0.15, 0.2) is 0 Å². The number of benzene rings is 1. The van der Waals surface area contributed by atoms with Gasteiger partial charge < -0.3 is 15.4 Å². The Morgan fingerprint density at radius 2 is 2.00 bits per heavy atom. The van der Waals surface area contributed by atoms with Crippen molar-refractivity contribution in [3.05, 3.63) is 29.8 Å². The molecular formula is C14H22N2O2. The number of carbonyl (C=O) groups is 1. The summed E-state index contributed by atoms with van der Waals surface area (Å²) in [5, 5.41) is 6.15. The summed E-state index contributed by atoms with van der Waals surface area (Å²) in [6.45, 7) is 7.13. The highest BCUT2D eigenvalue weighted by Gasteiger charge is 2.22. The lowest BCUT2D eigenvalue weighted by molar-refractivity contribution is 0.0821. The molecule has 0 aliphatic carbocycles. The minimum absolute atomic E-state index is 0.0893. The van der Waals surface area contributed by atoms with Crippen molar-refractivity contribution in [1.29, 1.82) is 0 Å². The van der Waals surface area contributed by atoms with E-state index in [1.54, 1.807) is 7.11 Å². The average Bonchev–Trinajstić information content (AvgIpc) is 2.29. The van der Waals surface area contributed by atoms with E-state index < -0.39 is 0 Å². The second-order valence-corrected chi connectivity index (χ2v) is 4.85. The van der Waals surface area contributed by atoms with Gasteiger partial charge in [-0.15, -0.1) is 0 Å². The van der Waals surface area contributed by atoms with Gasteiger partial charge in [0, 0.05) is 19.3 Å². The Bertz CT molecular complexity index is 403. The molecule has 0 aromatic heterocycles. The van der Waals surface area contributed by atoms with Crippen molar-refractivity contribution in [2.24, 2.45) is 0 Å². The smallest absolute Gasteiger partial charge is 0.253 e. The molecule has 18 heavy (non-hydrogen) atoms. The van der Waals surface area contributed by atoms with Gasteiger partial charge in [-0.25, -0.2) is 0 Å². The number of hydrogen-bond acceptors (Lipinski definition) is 3. The lowest BCUT2D eigenvalue weighted by Gasteiger charge is -2.25. The second-order valence-electron chi connectivity index (χ2n) is 4.85.